The van der Waals surface area contributed by atoms with Crippen molar-refractivity contribution in [1.29, 1.82) is 0 Å². The van der Waals surface area contributed by atoms with Gasteiger partial charge in [0.1, 0.15) is 0 Å². The third-order valence-electron chi connectivity index (χ3n) is 2.77. The Kier molecular flexibility index (Phi) is 5.66. The first-order valence-electron chi connectivity index (χ1n) is 5.71. The summed E-state index contributed by atoms with van der Waals surface area (Å²) < 4.78 is 0. The summed E-state index contributed by atoms with van der Waals surface area (Å²) in [7, 11) is 0. The summed E-state index contributed by atoms with van der Waals surface area (Å²) in [6.07, 6.45) is 2.65. The standard InChI is InChI=1S/C12H22N2/c1-3-5-7-13-9-11-14(12-10-13)8-6-4-2/h3,5,7-12H2,1-2H3. The van der Waals surface area contributed by atoms with Gasteiger partial charge in [0.25, 0.3) is 0 Å². The van der Waals surface area contributed by atoms with Gasteiger partial charge in [0.05, 0.1) is 6.54 Å². The van der Waals surface area contributed by atoms with E-state index in [2.05, 4.69) is 28.6 Å². The van der Waals surface area contributed by atoms with Crippen LogP contribution in [0.4, 0.5) is 0 Å². The highest BCUT2D eigenvalue weighted by atomic mass is 15.3. The number of rotatable bonds is 4. The maximum absolute atomic E-state index is 3.13. The van der Waals surface area contributed by atoms with Crippen molar-refractivity contribution in [2.45, 2.75) is 26.7 Å². The predicted molar refractivity (Wildman–Crippen MR) is 61.2 cm³/mol. The SMILES string of the molecule is CC#CCN1CCN(CCCC)CC1. The summed E-state index contributed by atoms with van der Waals surface area (Å²) in [5.74, 6) is 6.09. The molecule has 1 fully saturated rings. The minimum absolute atomic E-state index is 0.956. The van der Waals surface area contributed by atoms with Gasteiger partial charge < -0.3 is 4.90 Å². The Morgan fingerprint density at radius 1 is 1.07 bits per heavy atom. The van der Waals surface area contributed by atoms with E-state index in [-0.39, 0.29) is 0 Å². The van der Waals surface area contributed by atoms with Crippen molar-refractivity contribution in [3.05, 3.63) is 0 Å². The largest absolute Gasteiger partial charge is 0.301 e. The van der Waals surface area contributed by atoms with Gasteiger partial charge >= 0.3 is 0 Å². The van der Waals surface area contributed by atoms with Gasteiger partial charge in [0, 0.05) is 26.2 Å². The molecule has 0 aliphatic carbocycles. The highest BCUT2D eigenvalue weighted by molar-refractivity contribution is 4.98. The Morgan fingerprint density at radius 2 is 1.71 bits per heavy atom. The number of hydrogen-bond acceptors (Lipinski definition) is 2. The van der Waals surface area contributed by atoms with Crippen LogP contribution in [-0.2, 0) is 0 Å². The van der Waals surface area contributed by atoms with E-state index in [1.807, 2.05) is 6.92 Å². The summed E-state index contributed by atoms with van der Waals surface area (Å²) in [5.41, 5.74) is 0. The van der Waals surface area contributed by atoms with E-state index >= 15 is 0 Å². The highest BCUT2D eigenvalue weighted by Crippen LogP contribution is 2.02. The van der Waals surface area contributed by atoms with Gasteiger partial charge in [0.15, 0.2) is 0 Å². The second-order valence-corrected chi connectivity index (χ2v) is 3.90. The molecule has 0 bridgehead atoms. The molecule has 1 aliphatic rings. The van der Waals surface area contributed by atoms with Gasteiger partial charge in [-0.3, -0.25) is 4.90 Å². The molecule has 0 unspecified atom stereocenters. The molecule has 0 saturated carbocycles. The number of nitrogens with zero attached hydrogens (tertiary/aromatic N) is 2. The predicted octanol–water partition coefficient (Wildman–Crippen LogP) is 1.43. The van der Waals surface area contributed by atoms with Crippen molar-refractivity contribution in [1.82, 2.24) is 9.80 Å². The normalized spacial score (nSPS) is 19.0. The highest BCUT2D eigenvalue weighted by Gasteiger charge is 2.14. The van der Waals surface area contributed by atoms with E-state index in [1.165, 1.54) is 45.6 Å². The Labute approximate surface area is 88.3 Å². The lowest BCUT2D eigenvalue weighted by Gasteiger charge is -2.33. The molecule has 0 atom stereocenters. The molecular weight excluding hydrogens is 172 g/mol. The third-order valence-corrected chi connectivity index (χ3v) is 2.77. The zero-order chi connectivity index (χ0) is 10.2. The minimum Gasteiger partial charge on any atom is -0.301 e. The topological polar surface area (TPSA) is 6.48 Å². The molecule has 1 rings (SSSR count). The second-order valence-electron chi connectivity index (χ2n) is 3.90. The molecular formula is C12H22N2. The lowest BCUT2D eigenvalue weighted by atomic mass is 10.2. The number of unbranched alkanes of at least 4 members (excludes halogenated alkanes) is 1. The molecule has 1 aliphatic heterocycles. The van der Waals surface area contributed by atoms with Crippen molar-refractivity contribution in [3.8, 4) is 11.8 Å². The lowest BCUT2D eigenvalue weighted by molar-refractivity contribution is 0.143. The minimum atomic E-state index is 0.956. The average Bonchev–Trinajstić information content (AvgIpc) is 2.25. The average molecular weight is 194 g/mol. The molecule has 0 N–H and O–H groups in total. The zero-order valence-electron chi connectivity index (χ0n) is 9.55. The van der Waals surface area contributed by atoms with Crippen LogP contribution in [0.3, 0.4) is 0 Å². The number of hydrogen-bond donors (Lipinski definition) is 0. The molecule has 0 aromatic rings. The molecule has 1 saturated heterocycles. The molecule has 14 heavy (non-hydrogen) atoms. The quantitative estimate of drug-likeness (QED) is 0.625. The van der Waals surface area contributed by atoms with E-state index in [0.717, 1.165) is 6.54 Å². The van der Waals surface area contributed by atoms with Crippen LogP contribution in [0.25, 0.3) is 0 Å². The van der Waals surface area contributed by atoms with Gasteiger partial charge in [-0.2, -0.15) is 0 Å². The molecule has 0 radical (unpaired) electrons. The Bertz CT molecular complexity index is 194. The fourth-order valence-electron chi connectivity index (χ4n) is 1.74. The fraction of sp³-hybridized carbons (Fsp3) is 0.833. The fourth-order valence-corrected chi connectivity index (χ4v) is 1.74. The maximum atomic E-state index is 3.13. The lowest BCUT2D eigenvalue weighted by Crippen LogP contribution is -2.46. The van der Waals surface area contributed by atoms with Crippen molar-refractivity contribution in [2.24, 2.45) is 0 Å². The van der Waals surface area contributed by atoms with Gasteiger partial charge in [0.2, 0.25) is 0 Å². The summed E-state index contributed by atoms with van der Waals surface area (Å²) in [6.45, 7) is 11.3. The van der Waals surface area contributed by atoms with Crippen molar-refractivity contribution in [3.63, 3.8) is 0 Å². The molecule has 0 amide bonds. The molecule has 0 spiro atoms. The van der Waals surface area contributed by atoms with Crippen molar-refractivity contribution >= 4 is 0 Å². The van der Waals surface area contributed by atoms with Crippen LogP contribution < -0.4 is 0 Å². The van der Waals surface area contributed by atoms with Gasteiger partial charge in [-0.25, -0.2) is 0 Å². The number of piperazine rings is 1. The Morgan fingerprint density at radius 3 is 2.29 bits per heavy atom. The van der Waals surface area contributed by atoms with Crippen LogP contribution in [0.2, 0.25) is 0 Å². The van der Waals surface area contributed by atoms with Gasteiger partial charge in [-0.05, 0) is 19.9 Å². The third kappa shape index (κ3) is 4.13. The summed E-state index contributed by atoms with van der Waals surface area (Å²) in [5, 5.41) is 0. The van der Waals surface area contributed by atoms with E-state index < -0.39 is 0 Å². The Hall–Kier alpha value is -0.520. The molecule has 80 valence electrons. The van der Waals surface area contributed by atoms with Crippen molar-refractivity contribution < 1.29 is 0 Å². The summed E-state index contributed by atoms with van der Waals surface area (Å²) >= 11 is 0. The maximum Gasteiger partial charge on any atom is 0.0602 e. The molecule has 0 aromatic carbocycles. The first-order chi connectivity index (χ1) is 6.86. The van der Waals surface area contributed by atoms with Gasteiger partial charge in [-0.1, -0.05) is 19.3 Å². The van der Waals surface area contributed by atoms with Crippen LogP contribution >= 0.6 is 0 Å². The smallest absolute Gasteiger partial charge is 0.0602 e. The molecule has 2 nitrogen and oxygen atoms in total. The van der Waals surface area contributed by atoms with E-state index in [0.29, 0.717) is 0 Å². The van der Waals surface area contributed by atoms with Crippen LogP contribution in [0.5, 0.6) is 0 Å². The molecule has 2 heteroatoms. The summed E-state index contributed by atoms with van der Waals surface area (Å²) in [6, 6.07) is 0. The zero-order valence-corrected chi connectivity index (χ0v) is 9.55. The Balaban J connectivity index is 2.13. The first-order valence-corrected chi connectivity index (χ1v) is 5.71. The second kappa shape index (κ2) is 6.86. The van der Waals surface area contributed by atoms with Crippen molar-refractivity contribution in [2.75, 3.05) is 39.3 Å². The van der Waals surface area contributed by atoms with Crippen LogP contribution in [-0.4, -0.2) is 49.1 Å². The van der Waals surface area contributed by atoms with E-state index in [9.17, 15) is 0 Å². The monoisotopic (exact) mass is 194 g/mol. The summed E-state index contributed by atoms with van der Waals surface area (Å²) in [4.78, 5) is 5.01. The van der Waals surface area contributed by atoms with Crippen LogP contribution in [0, 0.1) is 11.8 Å². The first kappa shape index (κ1) is 11.6. The van der Waals surface area contributed by atoms with Crippen LogP contribution in [0.1, 0.15) is 26.7 Å². The van der Waals surface area contributed by atoms with Gasteiger partial charge in [-0.15, -0.1) is 5.92 Å². The molecule has 0 aromatic heterocycles. The van der Waals surface area contributed by atoms with Crippen LogP contribution in [0.15, 0.2) is 0 Å². The molecule has 1 heterocycles. The van der Waals surface area contributed by atoms with E-state index in [4.69, 9.17) is 0 Å². The van der Waals surface area contributed by atoms with E-state index in [1.54, 1.807) is 0 Å².